The predicted molar refractivity (Wildman–Crippen MR) is 130 cm³/mol. The molecule has 0 N–H and O–H groups in total. The van der Waals surface area contributed by atoms with Gasteiger partial charge in [-0.05, 0) is 31.5 Å². The van der Waals surface area contributed by atoms with Crippen LogP contribution in [0.15, 0.2) is 42.7 Å². The summed E-state index contributed by atoms with van der Waals surface area (Å²) in [5.41, 5.74) is 5.58. The van der Waals surface area contributed by atoms with Crippen LogP contribution in [0.5, 0.6) is 5.75 Å². The zero-order valence-corrected chi connectivity index (χ0v) is 20.3. The third-order valence-corrected chi connectivity index (χ3v) is 6.03. The van der Waals surface area contributed by atoms with E-state index in [4.69, 9.17) is 4.74 Å². The molecule has 4 rings (SSSR count). The van der Waals surface area contributed by atoms with Crippen LogP contribution in [0.3, 0.4) is 0 Å². The molecule has 0 aliphatic heterocycles. The van der Waals surface area contributed by atoms with Crippen LogP contribution in [0.1, 0.15) is 40.8 Å². The number of halogens is 1. The van der Waals surface area contributed by atoms with E-state index in [1.807, 2.05) is 41.9 Å². The summed E-state index contributed by atoms with van der Waals surface area (Å²) in [6.07, 6.45) is 6.22. The van der Waals surface area contributed by atoms with Crippen molar-refractivity contribution in [2.75, 3.05) is 20.7 Å². The van der Waals surface area contributed by atoms with Crippen molar-refractivity contribution in [3.8, 4) is 16.9 Å². The van der Waals surface area contributed by atoms with Crippen molar-refractivity contribution < 1.29 is 13.9 Å². The van der Waals surface area contributed by atoms with Gasteiger partial charge in [0.15, 0.2) is 17.3 Å². The van der Waals surface area contributed by atoms with Crippen LogP contribution >= 0.6 is 0 Å². The van der Waals surface area contributed by atoms with Crippen LogP contribution < -0.4 is 4.74 Å². The molecule has 4 aromatic rings. The number of imidazole rings is 1. The first-order valence-electron chi connectivity index (χ1n) is 11.4. The van der Waals surface area contributed by atoms with Gasteiger partial charge in [0.2, 0.25) is 0 Å². The van der Waals surface area contributed by atoms with Gasteiger partial charge in [0.25, 0.3) is 5.91 Å². The summed E-state index contributed by atoms with van der Waals surface area (Å²) in [7, 11) is 5.20. The Balaban J connectivity index is 1.62. The molecule has 0 aliphatic carbocycles. The molecule has 1 amide bonds. The lowest BCUT2D eigenvalue weighted by Gasteiger charge is -2.14. The number of hydrogen-bond donors (Lipinski definition) is 0. The average Bonchev–Trinajstić information content (AvgIpc) is 3.35. The van der Waals surface area contributed by atoms with Crippen molar-refractivity contribution in [3.05, 3.63) is 71.2 Å². The lowest BCUT2D eigenvalue weighted by molar-refractivity contribution is 0.0820. The van der Waals surface area contributed by atoms with E-state index >= 15 is 0 Å². The van der Waals surface area contributed by atoms with Gasteiger partial charge in [-0.3, -0.25) is 9.48 Å². The summed E-state index contributed by atoms with van der Waals surface area (Å²) < 4.78 is 24.6. The van der Waals surface area contributed by atoms with Gasteiger partial charge in [-0.1, -0.05) is 25.5 Å². The third kappa shape index (κ3) is 4.40. The predicted octanol–water partition coefficient (Wildman–Crippen LogP) is 4.46. The van der Waals surface area contributed by atoms with E-state index in [2.05, 4.69) is 17.0 Å². The highest BCUT2D eigenvalue weighted by Crippen LogP contribution is 2.33. The molecule has 7 nitrogen and oxygen atoms in total. The molecule has 1 aromatic carbocycles. The summed E-state index contributed by atoms with van der Waals surface area (Å²) in [5.74, 6) is -0.396. The number of aromatic nitrogens is 4. The molecule has 0 radical (unpaired) electrons. The molecule has 0 bridgehead atoms. The summed E-state index contributed by atoms with van der Waals surface area (Å²) in [5, 5.41) is 4.37. The molecule has 8 heteroatoms. The maximum Gasteiger partial charge on any atom is 0.274 e. The van der Waals surface area contributed by atoms with Gasteiger partial charge in [-0.2, -0.15) is 5.10 Å². The first-order valence-corrected chi connectivity index (χ1v) is 11.4. The SMILES string of the molecule is CCCc1cnc2ccc(-c3cccc(F)c3OCCc3c(C(=O)N(C)C)nn(C)c3C)cn12. The Morgan fingerprint density at radius 3 is 2.71 bits per heavy atom. The van der Waals surface area contributed by atoms with E-state index in [1.165, 1.54) is 11.0 Å². The summed E-state index contributed by atoms with van der Waals surface area (Å²) in [4.78, 5) is 18.5. The fourth-order valence-corrected chi connectivity index (χ4v) is 4.10. The Morgan fingerprint density at radius 2 is 1.97 bits per heavy atom. The van der Waals surface area contributed by atoms with Crippen LogP contribution in [-0.2, 0) is 19.9 Å². The second kappa shape index (κ2) is 9.67. The van der Waals surface area contributed by atoms with Crippen LogP contribution in [0, 0.1) is 12.7 Å². The highest BCUT2D eigenvalue weighted by Gasteiger charge is 2.21. The fourth-order valence-electron chi connectivity index (χ4n) is 4.10. The van der Waals surface area contributed by atoms with E-state index in [0.29, 0.717) is 17.7 Å². The molecule has 3 heterocycles. The maximum atomic E-state index is 14.9. The third-order valence-electron chi connectivity index (χ3n) is 6.03. The summed E-state index contributed by atoms with van der Waals surface area (Å²) >= 11 is 0. The second-order valence-electron chi connectivity index (χ2n) is 8.60. The lowest BCUT2D eigenvalue weighted by Crippen LogP contribution is -2.23. The number of ether oxygens (including phenoxy) is 1. The number of amides is 1. The number of hydrogen-bond acceptors (Lipinski definition) is 4. The molecule has 0 aliphatic rings. The molecule has 0 fully saturated rings. The van der Waals surface area contributed by atoms with Gasteiger partial charge in [-0.15, -0.1) is 0 Å². The van der Waals surface area contributed by atoms with Gasteiger partial charge < -0.3 is 14.0 Å². The Kier molecular flexibility index (Phi) is 6.68. The summed E-state index contributed by atoms with van der Waals surface area (Å²) in [6.45, 7) is 4.25. The molecule has 34 heavy (non-hydrogen) atoms. The molecule has 0 spiro atoms. The number of carbonyl (C=O) groups is 1. The van der Waals surface area contributed by atoms with Gasteiger partial charge >= 0.3 is 0 Å². The van der Waals surface area contributed by atoms with E-state index in [-0.39, 0.29) is 18.3 Å². The quantitative estimate of drug-likeness (QED) is 0.387. The largest absolute Gasteiger partial charge is 0.490 e. The topological polar surface area (TPSA) is 64.7 Å². The van der Waals surface area contributed by atoms with Crippen molar-refractivity contribution in [1.29, 1.82) is 0 Å². The number of fused-ring (bicyclic) bond motifs is 1. The molecule has 3 aromatic heterocycles. The maximum absolute atomic E-state index is 14.9. The summed E-state index contributed by atoms with van der Waals surface area (Å²) in [6, 6.07) is 8.79. The number of aryl methyl sites for hydroxylation is 2. The van der Waals surface area contributed by atoms with Gasteiger partial charge in [-0.25, -0.2) is 9.37 Å². The number of carbonyl (C=O) groups excluding carboxylic acids is 1. The molecule has 178 valence electrons. The van der Waals surface area contributed by atoms with Gasteiger partial charge in [0.05, 0.1) is 6.61 Å². The monoisotopic (exact) mass is 463 g/mol. The van der Waals surface area contributed by atoms with Crippen molar-refractivity contribution in [1.82, 2.24) is 24.1 Å². The number of nitrogens with zero attached hydrogens (tertiary/aromatic N) is 5. The van der Waals surface area contributed by atoms with E-state index < -0.39 is 5.82 Å². The first kappa shape index (κ1) is 23.5. The number of benzene rings is 1. The average molecular weight is 464 g/mol. The van der Waals surface area contributed by atoms with Gasteiger partial charge in [0, 0.05) is 68.0 Å². The van der Waals surface area contributed by atoms with E-state index in [0.717, 1.165) is 41.0 Å². The van der Waals surface area contributed by atoms with Crippen molar-refractivity contribution >= 4 is 11.6 Å². The van der Waals surface area contributed by atoms with Crippen LogP contribution in [0.2, 0.25) is 0 Å². The first-order chi connectivity index (χ1) is 16.3. The molecule has 0 unspecified atom stereocenters. The van der Waals surface area contributed by atoms with E-state index in [1.54, 1.807) is 31.9 Å². The standard InChI is InChI=1S/C26H30FN5O2/c1-6-8-19-15-28-23-12-11-18(16-32(19)23)21-9-7-10-22(27)25(21)34-14-13-20-17(2)31(5)29-24(20)26(33)30(3)4/h7,9-12,15-16H,6,8,13-14H2,1-5H3. The molecule has 0 atom stereocenters. The highest BCUT2D eigenvalue weighted by atomic mass is 19.1. The number of para-hydroxylation sites is 1. The van der Waals surface area contributed by atoms with Crippen molar-refractivity contribution in [2.24, 2.45) is 7.05 Å². The molecule has 0 saturated heterocycles. The van der Waals surface area contributed by atoms with Crippen molar-refractivity contribution in [3.63, 3.8) is 0 Å². The number of pyridine rings is 1. The van der Waals surface area contributed by atoms with Crippen molar-refractivity contribution in [2.45, 2.75) is 33.1 Å². The minimum atomic E-state index is -0.426. The zero-order valence-electron chi connectivity index (χ0n) is 20.3. The van der Waals surface area contributed by atoms with Gasteiger partial charge in [0.1, 0.15) is 5.65 Å². The second-order valence-corrected chi connectivity index (χ2v) is 8.60. The van der Waals surface area contributed by atoms with Crippen LogP contribution in [0.4, 0.5) is 4.39 Å². The van der Waals surface area contributed by atoms with E-state index in [9.17, 15) is 9.18 Å². The lowest BCUT2D eigenvalue weighted by atomic mass is 10.1. The van der Waals surface area contributed by atoms with Crippen LogP contribution in [-0.4, -0.2) is 50.7 Å². The Morgan fingerprint density at radius 1 is 1.18 bits per heavy atom. The minimum absolute atomic E-state index is 0.165. The Hall–Kier alpha value is -3.68. The highest BCUT2D eigenvalue weighted by molar-refractivity contribution is 5.93. The normalized spacial score (nSPS) is 11.2. The Bertz CT molecular complexity index is 1340. The Labute approximate surface area is 198 Å². The molecular formula is C26H30FN5O2. The van der Waals surface area contributed by atoms with Crippen LogP contribution in [0.25, 0.3) is 16.8 Å². The smallest absolute Gasteiger partial charge is 0.274 e. The fraction of sp³-hybridized carbons (Fsp3) is 0.346. The molecular weight excluding hydrogens is 433 g/mol. The number of rotatable bonds is 8. The molecule has 0 saturated carbocycles. The zero-order chi connectivity index (χ0) is 24.4. The minimum Gasteiger partial charge on any atom is -0.490 e.